The molecule has 0 radical (unpaired) electrons. The minimum absolute atomic E-state index is 0.0454. The molecular formula is C24H23N3O6S2. The summed E-state index contributed by atoms with van der Waals surface area (Å²) in [5, 5.41) is 3.78. The number of anilines is 1. The molecule has 2 heterocycles. The topological polar surface area (TPSA) is 117 Å². The molecule has 9 nitrogen and oxygen atoms in total. The van der Waals surface area contributed by atoms with Gasteiger partial charge in [0.25, 0.3) is 5.56 Å². The van der Waals surface area contributed by atoms with Crippen LogP contribution in [0.1, 0.15) is 37.6 Å². The maximum atomic E-state index is 13.2. The molecule has 0 saturated heterocycles. The third kappa shape index (κ3) is 5.01. The van der Waals surface area contributed by atoms with Crippen molar-refractivity contribution in [3.05, 3.63) is 62.8 Å². The van der Waals surface area contributed by atoms with Gasteiger partial charge in [-0.25, -0.2) is 14.6 Å². The van der Waals surface area contributed by atoms with Crippen molar-refractivity contribution in [3.63, 3.8) is 0 Å². The van der Waals surface area contributed by atoms with Crippen molar-refractivity contribution in [2.75, 3.05) is 25.3 Å². The molecule has 0 bridgehead atoms. The Labute approximate surface area is 209 Å². The summed E-state index contributed by atoms with van der Waals surface area (Å²) in [4.78, 5) is 56.5. The van der Waals surface area contributed by atoms with E-state index < -0.39 is 17.8 Å². The lowest BCUT2D eigenvalue weighted by Gasteiger charge is -2.12. The van der Waals surface area contributed by atoms with Gasteiger partial charge in [-0.3, -0.25) is 14.2 Å². The highest BCUT2D eigenvalue weighted by atomic mass is 32.2. The van der Waals surface area contributed by atoms with Crippen LogP contribution in [0.2, 0.25) is 0 Å². The Morgan fingerprint density at radius 2 is 1.86 bits per heavy atom. The quantitative estimate of drug-likeness (QED) is 0.211. The number of hydrogen-bond acceptors (Lipinski definition) is 9. The maximum absolute atomic E-state index is 13.2. The number of allylic oxidation sites excluding steroid dienone is 1. The van der Waals surface area contributed by atoms with Gasteiger partial charge in [0.2, 0.25) is 5.91 Å². The molecule has 0 saturated carbocycles. The number of esters is 2. The summed E-state index contributed by atoms with van der Waals surface area (Å²) < 4.78 is 11.0. The highest BCUT2D eigenvalue weighted by Crippen LogP contribution is 2.35. The Hall–Kier alpha value is -3.44. The molecule has 1 N–H and O–H groups in total. The van der Waals surface area contributed by atoms with E-state index in [-0.39, 0.29) is 34.7 Å². The number of carbonyl (C=O) groups excluding carboxylic acids is 3. The van der Waals surface area contributed by atoms with Gasteiger partial charge in [-0.15, -0.1) is 17.9 Å². The fourth-order valence-corrected chi connectivity index (χ4v) is 6.07. The second-order valence-corrected chi connectivity index (χ2v) is 9.78. The molecule has 11 heteroatoms. The van der Waals surface area contributed by atoms with Crippen LogP contribution in [0.15, 0.2) is 40.8 Å². The second kappa shape index (κ2) is 10.4. The van der Waals surface area contributed by atoms with Gasteiger partial charge in [-0.2, -0.15) is 0 Å². The van der Waals surface area contributed by atoms with Crippen LogP contribution in [-0.2, 0) is 33.7 Å². The molecule has 2 aromatic heterocycles. The van der Waals surface area contributed by atoms with Crippen molar-refractivity contribution < 1.29 is 23.9 Å². The van der Waals surface area contributed by atoms with Crippen LogP contribution in [0, 0.1) is 0 Å². The SMILES string of the molecule is C=CCn1c(SCC(=O)Nc2cc(C(=O)OC)cc(C(=O)OC)c2)nc2sc3c(c2c1=O)CCC3. The van der Waals surface area contributed by atoms with Crippen LogP contribution >= 0.6 is 23.1 Å². The number of thioether (sulfide) groups is 1. The standard InChI is InChI=1S/C24H23N3O6S2/c1-4-8-27-21(29)19-16-6-5-7-17(16)35-20(19)26-24(27)34-12-18(28)25-15-10-13(22(30)32-2)9-14(11-15)23(31)33-3/h4,9-11H,1,5-8,12H2,2-3H3,(H,25,28). The van der Waals surface area contributed by atoms with Crippen LogP contribution in [0.4, 0.5) is 5.69 Å². The third-order valence-electron chi connectivity index (χ3n) is 5.49. The summed E-state index contributed by atoms with van der Waals surface area (Å²) >= 11 is 2.67. The molecule has 182 valence electrons. The number of nitrogens with zero attached hydrogens (tertiary/aromatic N) is 2. The van der Waals surface area contributed by atoms with Crippen LogP contribution in [-0.4, -0.2) is 47.4 Å². The first kappa shape index (κ1) is 24.7. The predicted octanol–water partition coefficient (Wildman–Crippen LogP) is 3.44. The number of carbonyl (C=O) groups is 3. The smallest absolute Gasteiger partial charge is 0.337 e. The number of fused-ring (bicyclic) bond motifs is 3. The first-order valence-corrected chi connectivity index (χ1v) is 12.6. The van der Waals surface area contributed by atoms with Crippen molar-refractivity contribution >= 4 is 56.8 Å². The van der Waals surface area contributed by atoms with Gasteiger partial charge >= 0.3 is 11.9 Å². The Morgan fingerprint density at radius 1 is 1.17 bits per heavy atom. The average Bonchev–Trinajstić information content (AvgIpc) is 3.44. The molecule has 0 spiro atoms. The molecule has 35 heavy (non-hydrogen) atoms. The summed E-state index contributed by atoms with van der Waals surface area (Å²) in [6.45, 7) is 4.02. The Balaban J connectivity index is 1.57. The molecule has 1 aromatic carbocycles. The van der Waals surface area contributed by atoms with E-state index in [1.54, 1.807) is 6.08 Å². The summed E-state index contributed by atoms with van der Waals surface area (Å²) in [5.74, 6) is -1.76. The van der Waals surface area contributed by atoms with Gasteiger partial charge in [-0.05, 0) is 43.0 Å². The highest BCUT2D eigenvalue weighted by Gasteiger charge is 2.23. The summed E-state index contributed by atoms with van der Waals surface area (Å²) in [6.07, 6.45) is 4.51. The second-order valence-electron chi connectivity index (χ2n) is 7.76. The number of amides is 1. The first-order chi connectivity index (χ1) is 16.9. The summed E-state index contributed by atoms with van der Waals surface area (Å²) in [6, 6.07) is 4.14. The number of hydrogen-bond donors (Lipinski definition) is 1. The fraction of sp³-hybridized carbons (Fsp3) is 0.292. The van der Waals surface area contributed by atoms with E-state index in [1.165, 1.54) is 53.2 Å². The molecule has 1 aliphatic rings. The molecule has 3 aromatic rings. The largest absolute Gasteiger partial charge is 0.465 e. The fourth-order valence-electron chi connectivity index (χ4n) is 3.96. The molecule has 1 amide bonds. The zero-order valence-electron chi connectivity index (χ0n) is 19.2. The molecule has 0 unspecified atom stereocenters. The van der Waals surface area contributed by atoms with Crippen molar-refractivity contribution in [2.24, 2.45) is 0 Å². The number of benzene rings is 1. The van der Waals surface area contributed by atoms with Gasteiger partial charge < -0.3 is 14.8 Å². The van der Waals surface area contributed by atoms with Crippen molar-refractivity contribution in [1.82, 2.24) is 9.55 Å². The average molecular weight is 514 g/mol. The van der Waals surface area contributed by atoms with E-state index in [9.17, 15) is 19.2 Å². The van der Waals surface area contributed by atoms with Gasteiger partial charge in [0.15, 0.2) is 5.16 Å². The lowest BCUT2D eigenvalue weighted by atomic mass is 10.1. The van der Waals surface area contributed by atoms with Gasteiger partial charge in [-0.1, -0.05) is 17.8 Å². The van der Waals surface area contributed by atoms with Crippen molar-refractivity contribution in [3.8, 4) is 0 Å². The van der Waals surface area contributed by atoms with E-state index >= 15 is 0 Å². The zero-order valence-corrected chi connectivity index (χ0v) is 20.8. The number of ether oxygens (including phenoxy) is 2. The minimum atomic E-state index is -0.658. The van der Waals surface area contributed by atoms with E-state index in [1.807, 2.05) is 0 Å². The molecule has 0 atom stereocenters. The molecule has 0 aliphatic heterocycles. The number of thiophene rings is 1. The van der Waals surface area contributed by atoms with Crippen LogP contribution < -0.4 is 10.9 Å². The highest BCUT2D eigenvalue weighted by molar-refractivity contribution is 7.99. The predicted molar refractivity (Wildman–Crippen MR) is 135 cm³/mol. The Kier molecular flexibility index (Phi) is 7.37. The van der Waals surface area contributed by atoms with Crippen LogP contribution in [0.5, 0.6) is 0 Å². The lowest BCUT2D eigenvalue weighted by molar-refractivity contribution is -0.113. The minimum Gasteiger partial charge on any atom is -0.465 e. The van der Waals surface area contributed by atoms with Gasteiger partial charge in [0.05, 0.1) is 36.5 Å². The molecular weight excluding hydrogens is 490 g/mol. The van der Waals surface area contributed by atoms with Gasteiger partial charge in [0.1, 0.15) is 4.83 Å². The molecule has 4 rings (SSSR count). The monoisotopic (exact) mass is 513 g/mol. The Morgan fingerprint density at radius 3 is 2.49 bits per heavy atom. The van der Waals surface area contributed by atoms with E-state index in [2.05, 4.69) is 16.9 Å². The van der Waals surface area contributed by atoms with E-state index in [4.69, 9.17) is 9.47 Å². The number of aryl methyl sites for hydroxylation is 2. The first-order valence-electron chi connectivity index (χ1n) is 10.8. The number of methoxy groups -OCH3 is 2. The summed E-state index contributed by atoms with van der Waals surface area (Å²) in [5.41, 5.74) is 1.40. The Bertz CT molecular complexity index is 1370. The lowest BCUT2D eigenvalue weighted by Crippen LogP contribution is -2.24. The summed E-state index contributed by atoms with van der Waals surface area (Å²) in [7, 11) is 2.44. The third-order valence-corrected chi connectivity index (χ3v) is 7.65. The number of aromatic nitrogens is 2. The van der Waals surface area contributed by atoms with Crippen molar-refractivity contribution in [2.45, 2.75) is 31.0 Å². The number of rotatable bonds is 8. The van der Waals surface area contributed by atoms with E-state index in [0.717, 1.165) is 36.6 Å². The van der Waals surface area contributed by atoms with Crippen molar-refractivity contribution in [1.29, 1.82) is 0 Å². The van der Waals surface area contributed by atoms with Crippen LogP contribution in [0.25, 0.3) is 10.2 Å². The molecule has 0 fully saturated rings. The maximum Gasteiger partial charge on any atom is 0.337 e. The molecule has 1 aliphatic carbocycles. The normalized spacial score (nSPS) is 12.3. The van der Waals surface area contributed by atoms with Crippen LogP contribution in [0.3, 0.4) is 0 Å². The zero-order chi connectivity index (χ0) is 25.1. The number of nitrogens with one attached hydrogen (secondary N) is 1. The van der Waals surface area contributed by atoms with E-state index in [0.29, 0.717) is 15.4 Å². The van der Waals surface area contributed by atoms with Gasteiger partial charge in [0, 0.05) is 17.1 Å².